The lowest BCUT2D eigenvalue weighted by Crippen LogP contribution is -2.00. The van der Waals surface area contributed by atoms with Crippen LogP contribution in [-0.4, -0.2) is 16.1 Å². The Morgan fingerprint density at radius 3 is 2.59 bits per heavy atom. The molecular formula is C12H8BrNO3. The average Bonchev–Trinajstić information content (AvgIpc) is 2.32. The second-order valence-electron chi connectivity index (χ2n) is 3.23. The zero-order chi connectivity index (χ0) is 12.3. The number of aromatic nitrogens is 1. The first-order valence-electron chi connectivity index (χ1n) is 4.77. The van der Waals surface area contributed by atoms with Gasteiger partial charge in [-0.1, -0.05) is 15.9 Å². The predicted octanol–water partition coefficient (Wildman–Crippen LogP) is 3.33. The molecule has 17 heavy (non-hydrogen) atoms. The van der Waals surface area contributed by atoms with Crippen molar-refractivity contribution in [1.29, 1.82) is 0 Å². The van der Waals surface area contributed by atoms with Crippen molar-refractivity contribution >= 4 is 21.9 Å². The van der Waals surface area contributed by atoms with E-state index in [9.17, 15) is 4.79 Å². The Morgan fingerprint density at radius 1 is 1.24 bits per heavy atom. The highest BCUT2D eigenvalue weighted by Crippen LogP contribution is 2.25. The molecular weight excluding hydrogens is 286 g/mol. The molecule has 2 aromatic rings. The largest absolute Gasteiger partial charge is 0.478 e. The molecule has 0 amide bonds. The Bertz CT molecular complexity index is 540. The lowest BCUT2D eigenvalue weighted by Gasteiger charge is -2.07. The van der Waals surface area contributed by atoms with Crippen LogP contribution in [0, 0.1) is 0 Å². The van der Waals surface area contributed by atoms with E-state index < -0.39 is 5.97 Å². The van der Waals surface area contributed by atoms with Crippen LogP contribution in [0.25, 0.3) is 0 Å². The summed E-state index contributed by atoms with van der Waals surface area (Å²) in [5.74, 6) is -0.259. The molecule has 0 bridgehead atoms. The van der Waals surface area contributed by atoms with E-state index in [1.54, 1.807) is 12.1 Å². The molecule has 86 valence electrons. The molecule has 1 heterocycles. The van der Waals surface area contributed by atoms with Crippen molar-refractivity contribution < 1.29 is 14.6 Å². The van der Waals surface area contributed by atoms with Crippen LogP contribution in [0.4, 0.5) is 0 Å². The second kappa shape index (κ2) is 4.97. The van der Waals surface area contributed by atoms with E-state index in [4.69, 9.17) is 9.84 Å². The molecule has 4 nitrogen and oxygen atoms in total. The summed E-state index contributed by atoms with van der Waals surface area (Å²) in [4.78, 5) is 14.8. The molecule has 0 aliphatic carbocycles. The number of aromatic carboxylic acids is 1. The Balaban J connectivity index is 2.30. The minimum atomic E-state index is -1.04. The summed E-state index contributed by atoms with van der Waals surface area (Å²) < 4.78 is 6.39. The van der Waals surface area contributed by atoms with E-state index in [2.05, 4.69) is 20.9 Å². The molecule has 0 spiro atoms. The van der Waals surface area contributed by atoms with Crippen molar-refractivity contribution in [2.75, 3.05) is 0 Å². The second-order valence-corrected chi connectivity index (χ2v) is 4.15. The van der Waals surface area contributed by atoms with Crippen LogP contribution < -0.4 is 4.74 Å². The minimum Gasteiger partial charge on any atom is -0.478 e. The quantitative estimate of drug-likeness (QED) is 0.943. The minimum absolute atomic E-state index is 0.0860. The van der Waals surface area contributed by atoms with Crippen LogP contribution in [-0.2, 0) is 0 Å². The monoisotopic (exact) mass is 293 g/mol. The molecule has 0 radical (unpaired) electrons. The fraction of sp³-hybridized carbons (Fsp3) is 0. The van der Waals surface area contributed by atoms with Crippen molar-refractivity contribution in [3.63, 3.8) is 0 Å². The Morgan fingerprint density at radius 2 is 1.94 bits per heavy atom. The molecule has 0 aliphatic rings. The predicted molar refractivity (Wildman–Crippen MR) is 65.4 cm³/mol. The van der Waals surface area contributed by atoms with Crippen LogP contribution in [0.15, 0.2) is 47.2 Å². The zero-order valence-electron chi connectivity index (χ0n) is 8.63. The van der Waals surface area contributed by atoms with Gasteiger partial charge in [-0.05, 0) is 30.3 Å². The van der Waals surface area contributed by atoms with Crippen molar-refractivity contribution in [2.45, 2.75) is 0 Å². The summed E-state index contributed by atoms with van der Waals surface area (Å²) >= 11 is 3.31. The van der Waals surface area contributed by atoms with Gasteiger partial charge in [0.15, 0.2) is 5.75 Å². The first-order valence-corrected chi connectivity index (χ1v) is 5.57. The summed E-state index contributed by atoms with van der Waals surface area (Å²) in [6, 6.07) is 8.50. The fourth-order valence-corrected chi connectivity index (χ4v) is 1.53. The summed E-state index contributed by atoms with van der Waals surface area (Å²) in [7, 11) is 0. The van der Waals surface area contributed by atoms with Crippen LogP contribution in [0.2, 0.25) is 0 Å². The molecule has 0 atom stereocenters. The maximum atomic E-state index is 11.0. The van der Waals surface area contributed by atoms with Gasteiger partial charge in [0.2, 0.25) is 0 Å². The van der Waals surface area contributed by atoms with Gasteiger partial charge in [0.05, 0.1) is 6.20 Å². The molecule has 0 aliphatic heterocycles. The number of halogens is 1. The molecule has 1 aromatic carbocycles. The maximum absolute atomic E-state index is 11.0. The number of hydrogen-bond acceptors (Lipinski definition) is 3. The molecule has 5 heteroatoms. The first-order chi connectivity index (χ1) is 8.16. The van der Waals surface area contributed by atoms with Crippen LogP contribution in [0.3, 0.4) is 0 Å². The fourth-order valence-electron chi connectivity index (χ4n) is 1.27. The summed E-state index contributed by atoms with van der Waals surface area (Å²) in [5.41, 5.74) is 0.0860. The highest BCUT2D eigenvalue weighted by atomic mass is 79.9. The number of benzene rings is 1. The lowest BCUT2D eigenvalue weighted by molar-refractivity contribution is 0.0694. The smallest absolute Gasteiger partial charge is 0.339 e. The van der Waals surface area contributed by atoms with Crippen LogP contribution >= 0.6 is 15.9 Å². The number of nitrogens with zero attached hydrogens (tertiary/aromatic N) is 1. The van der Waals surface area contributed by atoms with Crippen molar-refractivity contribution in [2.24, 2.45) is 0 Å². The third-order valence-electron chi connectivity index (χ3n) is 2.06. The Hall–Kier alpha value is -1.88. The number of carboxylic acid groups (broad SMARTS) is 1. The Kier molecular flexibility index (Phi) is 3.39. The van der Waals surface area contributed by atoms with Crippen molar-refractivity contribution in [1.82, 2.24) is 4.98 Å². The summed E-state index contributed by atoms with van der Waals surface area (Å²) in [5, 5.41) is 8.97. The normalized spacial score (nSPS) is 9.94. The number of hydrogen-bond donors (Lipinski definition) is 1. The van der Waals surface area contributed by atoms with Gasteiger partial charge in [0.1, 0.15) is 11.3 Å². The van der Waals surface area contributed by atoms with E-state index >= 15 is 0 Å². The summed E-state index contributed by atoms with van der Waals surface area (Å²) in [6.07, 6.45) is 2.80. The molecule has 0 saturated heterocycles. The molecule has 1 N–H and O–H groups in total. The lowest BCUT2D eigenvalue weighted by atomic mass is 10.2. The van der Waals surface area contributed by atoms with Crippen LogP contribution in [0.1, 0.15) is 10.4 Å². The standard InChI is InChI=1S/C12H8BrNO3/c13-8-1-3-9(4-2-8)17-11-7-14-6-5-10(11)12(15)16/h1-7H,(H,15,16). The van der Waals surface area contributed by atoms with Gasteiger partial charge in [-0.15, -0.1) is 0 Å². The average molecular weight is 294 g/mol. The SMILES string of the molecule is O=C(O)c1ccncc1Oc1ccc(Br)cc1. The first kappa shape index (κ1) is 11.6. The molecule has 0 unspecified atom stereocenters. The van der Waals surface area contributed by atoms with Gasteiger partial charge in [0, 0.05) is 10.7 Å². The van der Waals surface area contributed by atoms with Crippen molar-refractivity contribution in [3.05, 3.63) is 52.8 Å². The maximum Gasteiger partial charge on any atom is 0.339 e. The highest BCUT2D eigenvalue weighted by molar-refractivity contribution is 9.10. The third-order valence-corrected chi connectivity index (χ3v) is 2.59. The Labute approximate surface area is 106 Å². The number of carboxylic acids is 1. The number of ether oxygens (including phenoxy) is 1. The number of carbonyl (C=O) groups is 1. The molecule has 1 aromatic heterocycles. The highest BCUT2D eigenvalue weighted by Gasteiger charge is 2.11. The van der Waals surface area contributed by atoms with Crippen molar-refractivity contribution in [3.8, 4) is 11.5 Å². The van der Waals surface area contributed by atoms with Gasteiger partial charge in [0.25, 0.3) is 0 Å². The van der Waals surface area contributed by atoms with E-state index in [1.807, 2.05) is 12.1 Å². The zero-order valence-corrected chi connectivity index (χ0v) is 10.2. The summed E-state index contributed by atoms with van der Waals surface area (Å²) in [6.45, 7) is 0. The molecule has 2 rings (SSSR count). The van der Waals surface area contributed by atoms with Gasteiger partial charge in [-0.2, -0.15) is 0 Å². The molecule has 0 saturated carbocycles. The molecule has 0 fully saturated rings. The van der Waals surface area contributed by atoms with Crippen LogP contribution in [0.5, 0.6) is 11.5 Å². The van der Waals surface area contributed by atoms with E-state index in [1.165, 1.54) is 18.5 Å². The topological polar surface area (TPSA) is 59.4 Å². The number of rotatable bonds is 3. The number of pyridine rings is 1. The van der Waals surface area contributed by atoms with Gasteiger partial charge in [-0.25, -0.2) is 4.79 Å². The van der Waals surface area contributed by atoms with E-state index in [-0.39, 0.29) is 11.3 Å². The van der Waals surface area contributed by atoms with Gasteiger partial charge < -0.3 is 9.84 Å². The van der Waals surface area contributed by atoms with Gasteiger partial charge in [-0.3, -0.25) is 4.98 Å². The van der Waals surface area contributed by atoms with E-state index in [0.717, 1.165) is 4.47 Å². The van der Waals surface area contributed by atoms with Gasteiger partial charge >= 0.3 is 5.97 Å². The van der Waals surface area contributed by atoms with E-state index in [0.29, 0.717) is 5.75 Å². The third kappa shape index (κ3) is 2.82.